The molecule has 1 aromatic rings. The molecule has 6 rings (SSSR count). The van der Waals surface area contributed by atoms with E-state index in [1.807, 2.05) is 4.90 Å². The third kappa shape index (κ3) is 2.55. The van der Waals surface area contributed by atoms with Gasteiger partial charge >= 0.3 is 6.03 Å². The maximum atomic E-state index is 13.3. The van der Waals surface area contributed by atoms with Crippen molar-refractivity contribution in [1.29, 1.82) is 0 Å². The maximum absolute atomic E-state index is 13.3. The minimum absolute atomic E-state index is 0.0110. The van der Waals surface area contributed by atoms with Crippen molar-refractivity contribution in [3.8, 4) is 5.75 Å². The van der Waals surface area contributed by atoms with Crippen molar-refractivity contribution in [1.82, 2.24) is 10.2 Å². The van der Waals surface area contributed by atoms with Crippen molar-refractivity contribution in [2.75, 3.05) is 19.7 Å². The Morgan fingerprint density at radius 3 is 2.94 bits per heavy atom. The molecule has 7 heteroatoms. The van der Waals surface area contributed by atoms with Crippen LogP contribution in [-0.4, -0.2) is 42.6 Å². The van der Waals surface area contributed by atoms with Crippen LogP contribution in [0.15, 0.2) is 24.3 Å². The normalized spacial score (nSPS) is 41.7. The predicted molar refractivity (Wildman–Crippen MR) is 112 cm³/mol. The number of hydrogen-bond donors (Lipinski definition) is 2. The van der Waals surface area contributed by atoms with Gasteiger partial charge in [0.25, 0.3) is 0 Å². The Kier molecular flexibility index (Phi) is 4.12. The van der Waals surface area contributed by atoms with Gasteiger partial charge in [0.2, 0.25) is 5.91 Å². The molecule has 0 aromatic heterocycles. The molecule has 31 heavy (non-hydrogen) atoms. The van der Waals surface area contributed by atoms with Gasteiger partial charge in [0, 0.05) is 31.1 Å². The highest BCUT2D eigenvalue weighted by atomic mass is 19.1. The number of benzene rings is 1. The molecule has 3 N–H and O–H groups in total. The van der Waals surface area contributed by atoms with Gasteiger partial charge in [-0.25, -0.2) is 9.18 Å². The number of nitrogens with two attached hydrogens (primary N) is 1. The molecule has 4 saturated carbocycles. The van der Waals surface area contributed by atoms with Gasteiger partial charge in [0.1, 0.15) is 11.6 Å². The molecule has 166 valence electrons. The summed E-state index contributed by atoms with van der Waals surface area (Å²) in [4.78, 5) is 27.2. The molecule has 0 radical (unpaired) electrons. The number of hydrogen-bond acceptors (Lipinski definition) is 3. The van der Waals surface area contributed by atoms with Crippen molar-refractivity contribution in [2.45, 2.75) is 44.6 Å². The van der Waals surface area contributed by atoms with Crippen LogP contribution in [0.3, 0.4) is 0 Å². The van der Waals surface area contributed by atoms with Crippen molar-refractivity contribution >= 4 is 11.9 Å². The second-order valence-corrected chi connectivity index (χ2v) is 10.6. The van der Waals surface area contributed by atoms with Crippen LogP contribution >= 0.6 is 0 Å². The van der Waals surface area contributed by atoms with E-state index in [-0.39, 0.29) is 40.5 Å². The summed E-state index contributed by atoms with van der Waals surface area (Å²) in [5.74, 6) is 1.78. The monoisotopic (exact) mass is 427 g/mol. The van der Waals surface area contributed by atoms with Crippen LogP contribution in [0.1, 0.15) is 38.5 Å². The number of primary amides is 1. The number of urea groups is 1. The molecule has 4 unspecified atom stereocenters. The number of carbonyl (C=O) groups is 2. The van der Waals surface area contributed by atoms with E-state index in [2.05, 4.69) is 5.32 Å². The number of nitrogens with zero attached hydrogens (tertiary/aromatic N) is 1. The Labute approximate surface area is 181 Å². The summed E-state index contributed by atoms with van der Waals surface area (Å²) in [6.07, 6.45) is 5.94. The van der Waals surface area contributed by atoms with Crippen LogP contribution in [0.2, 0.25) is 0 Å². The average Bonchev–Trinajstić information content (AvgIpc) is 3.22. The second-order valence-electron chi connectivity index (χ2n) is 10.6. The van der Waals surface area contributed by atoms with Gasteiger partial charge in [-0.3, -0.25) is 4.79 Å². The first-order valence-electron chi connectivity index (χ1n) is 11.7. The highest BCUT2D eigenvalue weighted by molar-refractivity contribution is 5.85. The lowest BCUT2D eigenvalue weighted by Gasteiger charge is -2.72. The number of likely N-dealkylation sites (tertiary alicyclic amines) is 1. The Morgan fingerprint density at radius 1 is 1.29 bits per heavy atom. The first-order valence-corrected chi connectivity index (χ1v) is 11.7. The van der Waals surface area contributed by atoms with Crippen LogP contribution in [0.5, 0.6) is 5.75 Å². The molecule has 6 nitrogen and oxygen atoms in total. The zero-order valence-corrected chi connectivity index (χ0v) is 17.7. The number of fused-ring (bicyclic) bond motifs is 1. The summed E-state index contributed by atoms with van der Waals surface area (Å²) < 4.78 is 19.1. The van der Waals surface area contributed by atoms with E-state index in [1.165, 1.54) is 12.1 Å². The highest BCUT2D eigenvalue weighted by Crippen LogP contribution is 2.86. The number of halogens is 1. The number of rotatable bonds is 5. The third-order valence-electron chi connectivity index (χ3n) is 9.42. The van der Waals surface area contributed by atoms with Crippen LogP contribution in [0.25, 0.3) is 0 Å². The number of piperidine rings is 1. The number of amides is 3. The third-order valence-corrected chi connectivity index (χ3v) is 9.42. The minimum atomic E-state index is -0.308. The quantitative estimate of drug-likeness (QED) is 0.758. The number of nitrogens with one attached hydrogen (secondary N) is 1. The smallest absolute Gasteiger partial charge is 0.317 e. The van der Waals surface area contributed by atoms with Gasteiger partial charge in [-0.05, 0) is 73.8 Å². The standard InChI is InChI=1S/C24H30FN3O3/c25-17-4-1-5-18(8-17)31-13-14-3-2-6-28(12-14)22(30)27-20-15-9-23(21(26)29)11-16-7-19(20)24(16,23)10-15/h1,4-5,8,14-16,19-20H,2-3,6-7,9-13H2,(H2,26,29)(H,27,30)/t14-,15?,16?,19?,20+,23+,24?/m0/s1. The van der Waals surface area contributed by atoms with Crippen LogP contribution < -0.4 is 15.8 Å². The molecule has 1 saturated heterocycles. The second kappa shape index (κ2) is 6.59. The van der Waals surface area contributed by atoms with E-state index >= 15 is 0 Å². The molecule has 1 heterocycles. The molecular weight excluding hydrogens is 397 g/mol. The molecule has 4 aliphatic carbocycles. The molecule has 1 aromatic carbocycles. The lowest BCUT2D eigenvalue weighted by molar-refractivity contribution is -0.240. The van der Waals surface area contributed by atoms with Crippen LogP contribution in [-0.2, 0) is 4.79 Å². The zero-order chi connectivity index (χ0) is 21.4. The molecule has 2 bridgehead atoms. The summed E-state index contributed by atoms with van der Waals surface area (Å²) in [5.41, 5.74) is 5.64. The van der Waals surface area contributed by atoms with E-state index in [4.69, 9.17) is 10.5 Å². The van der Waals surface area contributed by atoms with Gasteiger partial charge < -0.3 is 20.7 Å². The Hall–Kier alpha value is -2.31. The predicted octanol–water partition coefficient (Wildman–Crippen LogP) is 2.92. The zero-order valence-electron chi connectivity index (χ0n) is 17.7. The van der Waals surface area contributed by atoms with Crippen LogP contribution in [0.4, 0.5) is 9.18 Å². The van der Waals surface area contributed by atoms with E-state index in [1.54, 1.807) is 12.1 Å². The molecular formula is C24H30FN3O3. The minimum Gasteiger partial charge on any atom is -0.493 e. The first kappa shape index (κ1) is 19.4. The summed E-state index contributed by atoms with van der Waals surface area (Å²) in [6, 6.07) is 6.37. The van der Waals surface area contributed by atoms with Crippen molar-refractivity contribution in [2.24, 2.45) is 40.2 Å². The van der Waals surface area contributed by atoms with Crippen LogP contribution in [0, 0.1) is 40.3 Å². The Balaban J connectivity index is 1.06. The fourth-order valence-electron chi connectivity index (χ4n) is 8.19. The van der Waals surface area contributed by atoms with Crippen molar-refractivity contribution in [3.63, 3.8) is 0 Å². The Bertz CT molecular complexity index is 940. The summed E-state index contributed by atoms with van der Waals surface area (Å²) in [6.45, 7) is 1.89. The van der Waals surface area contributed by atoms with E-state index in [9.17, 15) is 14.0 Å². The van der Waals surface area contributed by atoms with Crippen molar-refractivity contribution in [3.05, 3.63) is 30.1 Å². The van der Waals surface area contributed by atoms with E-state index in [0.29, 0.717) is 36.7 Å². The van der Waals surface area contributed by atoms with E-state index < -0.39 is 0 Å². The van der Waals surface area contributed by atoms with Gasteiger partial charge in [-0.15, -0.1) is 0 Å². The largest absolute Gasteiger partial charge is 0.493 e. The molecule has 5 aliphatic rings. The molecule has 5 fully saturated rings. The van der Waals surface area contributed by atoms with Crippen molar-refractivity contribution < 1.29 is 18.7 Å². The van der Waals surface area contributed by atoms with E-state index in [0.717, 1.165) is 45.1 Å². The fourth-order valence-corrected chi connectivity index (χ4v) is 8.19. The SMILES string of the molecule is NC(=O)[C@]12CC3CC14C(CC4[C@@H]3NC(=O)N1CCC[C@H](COc3cccc(F)c3)C1)C2. The number of carbonyl (C=O) groups excluding carboxylic acids is 2. The summed E-state index contributed by atoms with van der Waals surface area (Å²) >= 11 is 0. The topological polar surface area (TPSA) is 84.7 Å². The van der Waals surface area contributed by atoms with Gasteiger partial charge in [0.05, 0.1) is 12.0 Å². The van der Waals surface area contributed by atoms with Gasteiger partial charge in [-0.2, -0.15) is 0 Å². The highest BCUT2D eigenvalue weighted by Gasteiger charge is 2.85. The van der Waals surface area contributed by atoms with Gasteiger partial charge in [-0.1, -0.05) is 6.07 Å². The number of ether oxygens (including phenoxy) is 1. The molecule has 1 spiro atoms. The molecule has 3 amide bonds. The summed E-state index contributed by atoms with van der Waals surface area (Å²) in [7, 11) is 0. The Morgan fingerprint density at radius 2 is 2.16 bits per heavy atom. The lowest BCUT2D eigenvalue weighted by atomic mass is 9.31. The first-order chi connectivity index (χ1) is 14.9. The fraction of sp³-hybridized carbons (Fsp3) is 0.667. The lowest BCUT2D eigenvalue weighted by Crippen LogP contribution is -2.74. The summed E-state index contributed by atoms with van der Waals surface area (Å²) in [5, 5.41) is 3.35. The average molecular weight is 428 g/mol. The maximum Gasteiger partial charge on any atom is 0.317 e. The molecule has 1 aliphatic heterocycles. The molecule has 7 atom stereocenters. The van der Waals surface area contributed by atoms with Gasteiger partial charge in [0.15, 0.2) is 0 Å².